The summed E-state index contributed by atoms with van der Waals surface area (Å²) in [5.74, 6) is -0.335. The minimum absolute atomic E-state index is 0.0303. The van der Waals surface area contributed by atoms with E-state index in [-0.39, 0.29) is 11.7 Å². The zero-order valence-electron chi connectivity index (χ0n) is 11.0. The molecule has 0 saturated carbocycles. The first-order valence-electron chi connectivity index (χ1n) is 6.57. The van der Waals surface area contributed by atoms with Crippen LogP contribution < -0.4 is 11.1 Å². The van der Waals surface area contributed by atoms with E-state index in [1.54, 1.807) is 10.6 Å². The zero-order valence-corrected chi connectivity index (χ0v) is 11.0. The van der Waals surface area contributed by atoms with E-state index >= 15 is 0 Å². The molecule has 0 aliphatic rings. The highest BCUT2D eigenvalue weighted by Crippen LogP contribution is 2.12. The van der Waals surface area contributed by atoms with Crippen LogP contribution in [0.15, 0.2) is 33.5 Å². The smallest absolute Gasteiger partial charge is 0.408 e. The first-order chi connectivity index (χ1) is 9.22. The Kier molecular flexibility index (Phi) is 4.39. The van der Waals surface area contributed by atoms with Crippen molar-refractivity contribution in [3.63, 3.8) is 0 Å². The summed E-state index contributed by atoms with van der Waals surface area (Å²) in [5.41, 5.74) is 1.37. The number of hydrogen-bond acceptors (Lipinski definition) is 3. The standard InChI is InChI=1S/C14H18N2O3/c1-2-9-15-13(17)8-5-10-16-11-6-3-4-7-12(11)19-14(16)18/h3-4,6-7H,2,5,8-10H2,1H3,(H,15,17). The molecule has 1 aromatic carbocycles. The third-order valence-electron chi connectivity index (χ3n) is 2.93. The number of aryl methyl sites for hydroxylation is 1. The zero-order chi connectivity index (χ0) is 13.7. The van der Waals surface area contributed by atoms with E-state index < -0.39 is 0 Å². The average Bonchev–Trinajstić information content (AvgIpc) is 2.73. The average molecular weight is 262 g/mol. The molecule has 0 bridgehead atoms. The number of oxazole rings is 1. The topological polar surface area (TPSA) is 64.2 Å². The molecule has 1 heterocycles. The molecule has 1 aromatic heterocycles. The third-order valence-corrected chi connectivity index (χ3v) is 2.93. The van der Waals surface area contributed by atoms with Crippen LogP contribution in [0.2, 0.25) is 0 Å². The van der Waals surface area contributed by atoms with Crippen molar-refractivity contribution in [1.82, 2.24) is 9.88 Å². The van der Waals surface area contributed by atoms with Gasteiger partial charge in [0.1, 0.15) is 0 Å². The fourth-order valence-corrected chi connectivity index (χ4v) is 1.98. The number of benzene rings is 1. The number of nitrogens with one attached hydrogen (secondary N) is 1. The molecule has 0 atom stereocenters. The Morgan fingerprint density at radius 3 is 2.95 bits per heavy atom. The van der Waals surface area contributed by atoms with Gasteiger partial charge in [-0.25, -0.2) is 4.79 Å². The molecule has 1 amide bonds. The third kappa shape index (κ3) is 3.24. The number of rotatable bonds is 6. The Balaban J connectivity index is 1.97. The van der Waals surface area contributed by atoms with Crippen molar-refractivity contribution < 1.29 is 9.21 Å². The molecule has 2 rings (SSSR count). The van der Waals surface area contributed by atoms with Gasteiger partial charge in [-0.1, -0.05) is 19.1 Å². The lowest BCUT2D eigenvalue weighted by Gasteiger charge is -2.04. The van der Waals surface area contributed by atoms with Crippen LogP contribution in [0, 0.1) is 0 Å². The minimum atomic E-state index is -0.366. The summed E-state index contributed by atoms with van der Waals surface area (Å²) in [6, 6.07) is 7.30. The molecule has 0 aliphatic heterocycles. The Bertz CT molecular complexity index is 612. The SMILES string of the molecule is CCCNC(=O)CCCn1c(=O)oc2ccccc21. The molecule has 102 valence electrons. The Hall–Kier alpha value is -2.04. The van der Waals surface area contributed by atoms with Gasteiger partial charge in [-0.2, -0.15) is 0 Å². The normalized spacial score (nSPS) is 10.8. The summed E-state index contributed by atoms with van der Waals surface area (Å²) >= 11 is 0. The number of para-hydroxylation sites is 2. The van der Waals surface area contributed by atoms with Crippen molar-refractivity contribution in [3.8, 4) is 0 Å². The van der Waals surface area contributed by atoms with Gasteiger partial charge in [0.15, 0.2) is 5.58 Å². The Labute approximate surface area is 111 Å². The molecule has 19 heavy (non-hydrogen) atoms. The van der Waals surface area contributed by atoms with E-state index in [1.807, 2.05) is 25.1 Å². The Morgan fingerprint density at radius 1 is 1.37 bits per heavy atom. The lowest BCUT2D eigenvalue weighted by Crippen LogP contribution is -2.24. The predicted molar refractivity (Wildman–Crippen MR) is 73.0 cm³/mol. The number of fused-ring (bicyclic) bond motifs is 1. The quantitative estimate of drug-likeness (QED) is 0.864. The maximum atomic E-state index is 11.7. The van der Waals surface area contributed by atoms with Gasteiger partial charge in [-0.05, 0) is 25.0 Å². The summed E-state index contributed by atoms with van der Waals surface area (Å²) in [6.07, 6.45) is 1.97. The molecular weight excluding hydrogens is 244 g/mol. The van der Waals surface area contributed by atoms with Crippen LogP contribution in [0.3, 0.4) is 0 Å². The van der Waals surface area contributed by atoms with Crippen molar-refractivity contribution >= 4 is 17.0 Å². The van der Waals surface area contributed by atoms with Gasteiger partial charge in [-0.15, -0.1) is 0 Å². The summed E-state index contributed by atoms with van der Waals surface area (Å²) in [5, 5.41) is 2.81. The van der Waals surface area contributed by atoms with Crippen molar-refractivity contribution in [2.45, 2.75) is 32.7 Å². The minimum Gasteiger partial charge on any atom is -0.408 e. The summed E-state index contributed by atoms with van der Waals surface area (Å²) in [7, 11) is 0. The van der Waals surface area contributed by atoms with Gasteiger partial charge in [-0.3, -0.25) is 9.36 Å². The largest absolute Gasteiger partial charge is 0.419 e. The van der Waals surface area contributed by atoms with Gasteiger partial charge in [0, 0.05) is 19.5 Å². The predicted octanol–water partition coefficient (Wildman–Crippen LogP) is 1.90. The Morgan fingerprint density at radius 2 is 2.16 bits per heavy atom. The van der Waals surface area contributed by atoms with E-state index in [2.05, 4.69) is 5.32 Å². The van der Waals surface area contributed by atoms with Crippen LogP contribution in [0.5, 0.6) is 0 Å². The van der Waals surface area contributed by atoms with Gasteiger partial charge in [0.05, 0.1) is 5.52 Å². The molecular formula is C14H18N2O3. The summed E-state index contributed by atoms with van der Waals surface area (Å²) in [4.78, 5) is 23.1. The van der Waals surface area contributed by atoms with Crippen LogP contribution in [-0.2, 0) is 11.3 Å². The van der Waals surface area contributed by atoms with Gasteiger partial charge in [0.25, 0.3) is 0 Å². The van der Waals surface area contributed by atoms with Crippen molar-refractivity contribution in [2.24, 2.45) is 0 Å². The van der Waals surface area contributed by atoms with E-state index in [9.17, 15) is 9.59 Å². The second-order valence-corrected chi connectivity index (χ2v) is 4.44. The molecule has 0 saturated heterocycles. The number of aromatic nitrogens is 1. The van der Waals surface area contributed by atoms with E-state index in [1.165, 1.54) is 0 Å². The van der Waals surface area contributed by atoms with Crippen LogP contribution in [0.1, 0.15) is 26.2 Å². The van der Waals surface area contributed by atoms with Crippen LogP contribution in [0.25, 0.3) is 11.1 Å². The fourth-order valence-electron chi connectivity index (χ4n) is 1.98. The molecule has 0 fully saturated rings. The first-order valence-corrected chi connectivity index (χ1v) is 6.57. The van der Waals surface area contributed by atoms with Crippen molar-refractivity contribution in [2.75, 3.05) is 6.54 Å². The fraction of sp³-hybridized carbons (Fsp3) is 0.429. The van der Waals surface area contributed by atoms with E-state index in [0.29, 0.717) is 31.5 Å². The summed E-state index contributed by atoms with van der Waals surface area (Å²) in [6.45, 7) is 3.21. The highest BCUT2D eigenvalue weighted by molar-refractivity contribution is 5.76. The van der Waals surface area contributed by atoms with Crippen molar-refractivity contribution in [1.29, 1.82) is 0 Å². The lowest BCUT2D eigenvalue weighted by molar-refractivity contribution is -0.121. The number of amides is 1. The molecule has 0 radical (unpaired) electrons. The van der Waals surface area contributed by atoms with Gasteiger partial charge < -0.3 is 9.73 Å². The molecule has 0 aliphatic carbocycles. The van der Waals surface area contributed by atoms with Gasteiger partial charge >= 0.3 is 5.76 Å². The second kappa shape index (κ2) is 6.22. The highest BCUT2D eigenvalue weighted by Gasteiger charge is 2.08. The van der Waals surface area contributed by atoms with Crippen LogP contribution in [0.4, 0.5) is 0 Å². The van der Waals surface area contributed by atoms with Gasteiger partial charge in [0.2, 0.25) is 5.91 Å². The number of carbonyl (C=O) groups excluding carboxylic acids is 1. The first kappa shape index (κ1) is 13.4. The number of carbonyl (C=O) groups is 1. The molecule has 0 spiro atoms. The molecule has 0 unspecified atom stereocenters. The van der Waals surface area contributed by atoms with E-state index in [0.717, 1.165) is 11.9 Å². The number of hydrogen-bond donors (Lipinski definition) is 1. The molecule has 1 N–H and O–H groups in total. The van der Waals surface area contributed by atoms with Crippen LogP contribution in [-0.4, -0.2) is 17.0 Å². The lowest BCUT2D eigenvalue weighted by atomic mass is 10.2. The molecule has 5 heteroatoms. The monoisotopic (exact) mass is 262 g/mol. The maximum Gasteiger partial charge on any atom is 0.419 e. The van der Waals surface area contributed by atoms with E-state index in [4.69, 9.17) is 4.42 Å². The van der Waals surface area contributed by atoms with Crippen LogP contribution >= 0.6 is 0 Å². The van der Waals surface area contributed by atoms with Crippen molar-refractivity contribution in [3.05, 3.63) is 34.8 Å². The highest BCUT2D eigenvalue weighted by atomic mass is 16.4. The number of nitrogens with zero attached hydrogens (tertiary/aromatic N) is 1. The maximum absolute atomic E-state index is 11.7. The summed E-state index contributed by atoms with van der Waals surface area (Å²) < 4.78 is 6.70. The molecule has 2 aromatic rings. The second-order valence-electron chi connectivity index (χ2n) is 4.44. The molecule has 5 nitrogen and oxygen atoms in total.